The van der Waals surface area contributed by atoms with Gasteiger partial charge in [0.15, 0.2) is 0 Å². The third-order valence-electron chi connectivity index (χ3n) is 4.69. The first kappa shape index (κ1) is 20.8. The minimum atomic E-state index is -0.193. The van der Waals surface area contributed by atoms with Gasteiger partial charge in [-0.3, -0.25) is 4.79 Å². The summed E-state index contributed by atoms with van der Waals surface area (Å²) in [4.78, 5) is 14.1. The van der Waals surface area contributed by atoms with Gasteiger partial charge in [-0.05, 0) is 53.0 Å². The van der Waals surface area contributed by atoms with E-state index in [0.717, 1.165) is 11.2 Å². The van der Waals surface area contributed by atoms with Gasteiger partial charge in [-0.1, -0.05) is 18.2 Å². The van der Waals surface area contributed by atoms with E-state index in [0.29, 0.717) is 34.1 Å². The number of carbonyl (C=O) groups is 1. The number of aryl methyl sites for hydroxylation is 2. The van der Waals surface area contributed by atoms with Crippen LogP contribution in [-0.2, 0) is 12.8 Å². The molecule has 3 rings (SSSR count). The number of hydrogen-bond donors (Lipinski definition) is 3. The number of rotatable bonds is 7. The fourth-order valence-electron chi connectivity index (χ4n) is 3.15. The van der Waals surface area contributed by atoms with E-state index in [9.17, 15) is 9.90 Å². The predicted molar refractivity (Wildman–Crippen MR) is 117 cm³/mol. The lowest BCUT2D eigenvalue weighted by Gasteiger charge is -2.10. The van der Waals surface area contributed by atoms with E-state index in [1.165, 1.54) is 10.5 Å². The van der Waals surface area contributed by atoms with Gasteiger partial charge >= 0.3 is 0 Å². The number of aromatic hydroxyl groups is 1. The largest absolute Gasteiger partial charge is 0.507 e. The molecule has 7 heteroatoms. The molecule has 28 heavy (non-hydrogen) atoms. The molecule has 2 aromatic carbocycles. The van der Waals surface area contributed by atoms with Crippen LogP contribution in [0.3, 0.4) is 0 Å². The minimum absolute atomic E-state index is 0.0273. The SMILES string of the molecule is Cc1ccccc1SCc1c(C(=O)NCCCO)c2cc(O)c(Br)cc2n1C. The Morgan fingerprint density at radius 1 is 1.29 bits per heavy atom. The molecule has 0 aliphatic carbocycles. The van der Waals surface area contributed by atoms with Crippen LogP contribution < -0.4 is 5.32 Å². The monoisotopic (exact) mass is 462 g/mol. The third-order valence-corrected chi connectivity index (χ3v) is 6.52. The summed E-state index contributed by atoms with van der Waals surface area (Å²) in [7, 11) is 1.93. The summed E-state index contributed by atoms with van der Waals surface area (Å²) in [6.07, 6.45) is 0.501. The maximum absolute atomic E-state index is 12.9. The molecule has 0 fully saturated rings. The highest BCUT2D eigenvalue weighted by Gasteiger charge is 2.22. The lowest BCUT2D eigenvalue weighted by atomic mass is 10.1. The summed E-state index contributed by atoms with van der Waals surface area (Å²) in [5, 5.41) is 22.7. The molecule has 0 radical (unpaired) electrons. The molecule has 1 amide bonds. The molecule has 0 saturated carbocycles. The van der Waals surface area contributed by atoms with Crippen molar-refractivity contribution in [1.82, 2.24) is 9.88 Å². The first-order chi connectivity index (χ1) is 13.4. The molecule has 0 spiro atoms. The molecule has 148 valence electrons. The van der Waals surface area contributed by atoms with Crippen LogP contribution in [0.15, 0.2) is 45.8 Å². The van der Waals surface area contributed by atoms with Gasteiger partial charge in [0.25, 0.3) is 5.91 Å². The average Bonchev–Trinajstić information content (AvgIpc) is 2.93. The molecule has 0 saturated heterocycles. The van der Waals surface area contributed by atoms with Crippen LogP contribution in [0.1, 0.15) is 28.0 Å². The second-order valence-electron chi connectivity index (χ2n) is 6.59. The molecule has 0 atom stereocenters. The van der Waals surface area contributed by atoms with Gasteiger partial charge in [0.05, 0.1) is 15.6 Å². The van der Waals surface area contributed by atoms with Crippen LogP contribution in [-0.4, -0.2) is 33.8 Å². The van der Waals surface area contributed by atoms with Gasteiger partial charge in [-0.2, -0.15) is 0 Å². The number of carbonyl (C=O) groups excluding carboxylic acids is 1. The number of halogens is 1. The Morgan fingerprint density at radius 2 is 2.04 bits per heavy atom. The van der Waals surface area contributed by atoms with Crippen molar-refractivity contribution in [3.8, 4) is 5.75 Å². The number of nitrogens with zero attached hydrogens (tertiary/aromatic N) is 1. The second kappa shape index (κ2) is 9.03. The van der Waals surface area contributed by atoms with Crippen LogP contribution in [0, 0.1) is 6.92 Å². The lowest BCUT2D eigenvalue weighted by molar-refractivity contribution is 0.0952. The number of aliphatic hydroxyl groups excluding tert-OH is 1. The zero-order valence-corrected chi connectivity index (χ0v) is 18.2. The molecule has 0 aliphatic heterocycles. The standard InChI is InChI=1S/C21H23BrN2O3S/c1-13-6-3-4-7-19(13)28-12-17-20(21(27)23-8-5-9-25)14-10-18(26)15(22)11-16(14)24(17)2/h3-4,6-7,10-11,25-26H,5,8-9,12H2,1-2H3,(H,23,27). The van der Waals surface area contributed by atoms with Gasteiger partial charge in [-0.15, -0.1) is 11.8 Å². The van der Waals surface area contributed by atoms with Crippen LogP contribution in [0.4, 0.5) is 0 Å². The van der Waals surface area contributed by atoms with Gasteiger partial charge in [0, 0.05) is 41.9 Å². The molecule has 5 nitrogen and oxygen atoms in total. The normalized spacial score (nSPS) is 11.1. The van der Waals surface area contributed by atoms with E-state index in [2.05, 4.69) is 40.3 Å². The first-order valence-corrected chi connectivity index (χ1v) is 10.8. The highest BCUT2D eigenvalue weighted by molar-refractivity contribution is 9.10. The van der Waals surface area contributed by atoms with Gasteiger partial charge in [-0.25, -0.2) is 0 Å². The topological polar surface area (TPSA) is 74.5 Å². The predicted octanol–water partition coefficient (Wildman–Crippen LogP) is 4.36. The second-order valence-corrected chi connectivity index (χ2v) is 8.46. The van der Waals surface area contributed by atoms with Crippen molar-refractivity contribution in [3.05, 3.63) is 57.7 Å². The molecular weight excluding hydrogens is 440 g/mol. The molecule has 0 unspecified atom stereocenters. The Bertz CT molecular complexity index is 1020. The van der Waals surface area contributed by atoms with Crippen molar-refractivity contribution in [2.24, 2.45) is 7.05 Å². The maximum Gasteiger partial charge on any atom is 0.253 e. The number of aliphatic hydroxyl groups is 1. The highest BCUT2D eigenvalue weighted by Crippen LogP contribution is 2.36. The molecule has 3 aromatic rings. The Labute approximate surface area is 176 Å². The average molecular weight is 463 g/mol. The van der Waals surface area contributed by atoms with E-state index in [1.807, 2.05) is 29.8 Å². The number of fused-ring (bicyclic) bond motifs is 1. The summed E-state index contributed by atoms with van der Waals surface area (Å²) < 4.78 is 2.59. The van der Waals surface area contributed by atoms with Crippen LogP contribution in [0.5, 0.6) is 5.75 Å². The number of nitrogens with one attached hydrogen (secondary N) is 1. The Kier molecular flexibility index (Phi) is 6.69. The summed E-state index contributed by atoms with van der Waals surface area (Å²) in [6, 6.07) is 11.6. The minimum Gasteiger partial charge on any atom is -0.507 e. The van der Waals surface area contributed by atoms with E-state index >= 15 is 0 Å². The molecule has 0 aliphatic rings. The van der Waals surface area contributed by atoms with Crippen molar-refractivity contribution in [2.75, 3.05) is 13.2 Å². The summed E-state index contributed by atoms with van der Waals surface area (Å²) >= 11 is 5.04. The van der Waals surface area contributed by atoms with Crippen molar-refractivity contribution in [1.29, 1.82) is 0 Å². The van der Waals surface area contributed by atoms with E-state index in [4.69, 9.17) is 5.11 Å². The number of benzene rings is 2. The van der Waals surface area contributed by atoms with Crippen molar-refractivity contribution < 1.29 is 15.0 Å². The zero-order chi connectivity index (χ0) is 20.3. The van der Waals surface area contributed by atoms with Gasteiger partial charge in [0.1, 0.15) is 5.75 Å². The summed E-state index contributed by atoms with van der Waals surface area (Å²) in [5.41, 5.74) is 3.53. The molecular formula is C21H23BrN2O3S. The van der Waals surface area contributed by atoms with Crippen LogP contribution in [0.25, 0.3) is 10.9 Å². The molecule has 1 aromatic heterocycles. The highest BCUT2D eigenvalue weighted by atomic mass is 79.9. The quantitative estimate of drug-likeness (QED) is 0.360. The van der Waals surface area contributed by atoms with Crippen molar-refractivity contribution >= 4 is 44.5 Å². The number of aromatic nitrogens is 1. The van der Waals surface area contributed by atoms with E-state index in [1.54, 1.807) is 17.8 Å². The van der Waals surface area contributed by atoms with E-state index < -0.39 is 0 Å². The fraction of sp³-hybridized carbons (Fsp3) is 0.286. The molecule has 3 N–H and O–H groups in total. The third kappa shape index (κ3) is 4.21. The summed E-state index contributed by atoms with van der Waals surface area (Å²) in [6.45, 7) is 2.50. The maximum atomic E-state index is 12.9. The number of amides is 1. The summed E-state index contributed by atoms with van der Waals surface area (Å²) in [5.74, 6) is 0.527. The van der Waals surface area contributed by atoms with Crippen molar-refractivity contribution in [3.63, 3.8) is 0 Å². The van der Waals surface area contributed by atoms with Gasteiger partial charge in [0.2, 0.25) is 0 Å². The number of phenols is 1. The number of phenolic OH excluding ortho intramolecular Hbond substituents is 1. The lowest BCUT2D eigenvalue weighted by Crippen LogP contribution is -2.26. The van der Waals surface area contributed by atoms with Crippen LogP contribution in [0.2, 0.25) is 0 Å². The Balaban J connectivity index is 2.03. The number of thioether (sulfide) groups is 1. The molecule has 0 bridgehead atoms. The van der Waals surface area contributed by atoms with Gasteiger partial charge < -0.3 is 20.1 Å². The zero-order valence-electron chi connectivity index (χ0n) is 15.8. The molecule has 1 heterocycles. The van der Waals surface area contributed by atoms with E-state index in [-0.39, 0.29) is 18.3 Å². The number of hydrogen-bond acceptors (Lipinski definition) is 4. The first-order valence-electron chi connectivity index (χ1n) is 9.01. The van der Waals surface area contributed by atoms with Crippen molar-refractivity contribution in [2.45, 2.75) is 24.0 Å². The fourth-order valence-corrected chi connectivity index (χ4v) is 4.59. The Hall–Kier alpha value is -1.96. The van der Waals surface area contributed by atoms with Crippen LogP contribution >= 0.6 is 27.7 Å². The smallest absolute Gasteiger partial charge is 0.253 e. The Morgan fingerprint density at radius 3 is 2.75 bits per heavy atom.